The summed E-state index contributed by atoms with van der Waals surface area (Å²) in [5.74, 6) is 1.19. The van der Waals surface area contributed by atoms with Gasteiger partial charge in [-0.1, -0.05) is 26.7 Å². The van der Waals surface area contributed by atoms with Gasteiger partial charge >= 0.3 is 0 Å². The summed E-state index contributed by atoms with van der Waals surface area (Å²) in [5.41, 5.74) is 5.86. The van der Waals surface area contributed by atoms with E-state index in [1.54, 1.807) is 0 Å². The van der Waals surface area contributed by atoms with Crippen LogP contribution in [0.1, 0.15) is 39.5 Å². The van der Waals surface area contributed by atoms with Crippen molar-refractivity contribution in [3.8, 4) is 0 Å². The molecule has 0 spiro atoms. The highest BCUT2D eigenvalue weighted by molar-refractivity contribution is 4.87. The van der Waals surface area contributed by atoms with Gasteiger partial charge < -0.3 is 10.8 Å². The van der Waals surface area contributed by atoms with Gasteiger partial charge in [-0.3, -0.25) is 0 Å². The minimum Gasteiger partial charge on any atom is -0.391 e. The summed E-state index contributed by atoms with van der Waals surface area (Å²) in [5, 5.41) is 9.73. The lowest BCUT2D eigenvalue weighted by Gasteiger charge is -2.36. The molecule has 0 aromatic carbocycles. The first-order valence-corrected chi connectivity index (χ1v) is 5.12. The van der Waals surface area contributed by atoms with Crippen molar-refractivity contribution in [3.63, 3.8) is 0 Å². The van der Waals surface area contributed by atoms with Crippen LogP contribution >= 0.6 is 0 Å². The van der Waals surface area contributed by atoms with Crippen LogP contribution in [0, 0.1) is 11.8 Å². The van der Waals surface area contributed by atoms with Gasteiger partial charge in [0.05, 0.1) is 6.10 Å². The van der Waals surface area contributed by atoms with Crippen LogP contribution in [0.5, 0.6) is 0 Å². The molecule has 1 aliphatic carbocycles. The molecule has 3 N–H and O–H groups in total. The molecule has 0 bridgehead atoms. The van der Waals surface area contributed by atoms with Gasteiger partial charge in [0, 0.05) is 6.04 Å². The largest absolute Gasteiger partial charge is 0.391 e. The quantitative estimate of drug-likeness (QED) is 0.661. The molecule has 1 saturated carbocycles. The Hall–Kier alpha value is -0.0800. The van der Waals surface area contributed by atoms with Gasteiger partial charge in [-0.05, 0) is 24.7 Å². The molecular weight excluding hydrogens is 150 g/mol. The van der Waals surface area contributed by atoms with Crippen LogP contribution < -0.4 is 5.73 Å². The summed E-state index contributed by atoms with van der Waals surface area (Å²) in [6.07, 6.45) is 4.19. The highest BCUT2D eigenvalue weighted by Gasteiger charge is 2.32. The maximum absolute atomic E-state index is 9.73. The van der Waals surface area contributed by atoms with Crippen molar-refractivity contribution in [2.75, 3.05) is 0 Å². The first kappa shape index (κ1) is 10.0. The number of aliphatic hydroxyl groups excluding tert-OH is 1. The van der Waals surface area contributed by atoms with Gasteiger partial charge in [-0.2, -0.15) is 0 Å². The molecule has 0 heterocycles. The Balaban J connectivity index is 2.52. The van der Waals surface area contributed by atoms with Crippen LogP contribution in [-0.4, -0.2) is 17.3 Å². The zero-order valence-corrected chi connectivity index (χ0v) is 8.16. The molecule has 1 fully saturated rings. The van der Waals surface area contributed by atoms with E-state index in [0.717, 1.165) is 18.8 Å². The lowest BCUT2D eigenvalue weighted by Crippen LogP contribution is -2.45. The van der Waals surface area contributed by atoms with Gasteiger partial charge in [-0.15, -0.1) is 0 Å². The van der Waals surface area contributed by atoms with E-state index in [2.05, 4.69) is 13.8 Å². The third-order valence-corrected chi connectivity index (χ3v) is 3.26. The standard InChI is InChI=1S/C10H21NO/c1-3-7-5-8(4-2)10(12)9(11)6-7/h7-10,12H,3-6,11H2,1-2H3. The van der Waals surface area contributed by atoms with Crippen LogP contribution in [0.15, 0.2) is 0 Å². The van der Waals surface area contributed by atoms with Gasteiger partial charge in [0.15, 0.2) is 0 Å². The van der Waals surface area contributed by atoms with Crippen molar-refractivity contribution >= 4 is 0 Å². The zero-order chi connectivity index (χ0) is 9.14. The summed E-state index contributed by atoms with van der Waals surface area (Å²) < 4.78 is 0. The van der Waals surface area contributed by atoms with Gasteiger partial charge in [-0.25, -0.2) is 0 Å². The topological polar surface area (TPSA) is 46.2 Å². The third-order valence-electron chi connectivity index (χ3n) is 3.26. The molecule has 0 aliphatic heterocycles. The molecule has 2 nitrogen and oxygen atoms in total. The molecule has 1 rings (SSSR count). The van der Waals surface area contributed by atoms with Crippen LogP contribution in [0.4, 0.5) is 0 Å². The molecule has 4 atom stereocenters. The fourth-order valence-electron chi connectivity index (χ4n) is 2.28. The Morgan fingerprint density at radius 3 is 2.42 bits per heavy atom. The number of nitrogens with two attached hydrogens (primary N) is 1. The summed E-state index contributed by atoms with van der Waals surface area (Å²) in [6, 6.07) is 0.0219. The lowest BCUT2D eigenvalue weighted by atomic mass is 9.75. The molecule has 4 unspecified atom stereocenters. The molecule has 0 aromatic rings. The minimum absolute atomic E-state index is 0.0219. The van der Waals surface area contributed by atoms with Gasteiger partial charge in [0.1, 0.15) is 0 Å². The van der Waals surface area contributed by atoms with Crippen molar-refractivity contribution < 1.29 is 5.11 Å². The molecule has 0 amide bonds. The van der Waals surface area contributed by atoms with E-state index in [0.29, 0.717) is 5.92 Å². The van der Waals surface area contributed by atoms with Crippen molar-refractivity contribution in [2.24, 2.45) is 17.6 Å². The normalized spacial score (nSPS) is 43.0. The Labute approximate surface area is 75.2 Å². The number of rotatable bonds is 2. The van der Waals surface area contributed by atoms with Gasteiger partial charge in [0.25, 0.3) is 0 Å². The van der Waals surface area contributed by atoms with Crippen LogP contribution in [-0.2, 0) is 0 Å². The second-order valence-electron chi connectivity index (χ2n) is 4.07. The van der Waals surface area contributed by atoms with E-state index in [-0.39, 0.29) is 12.1 Å². The SMILES string of the molecule is CCC1CC(N)C(O)C(CC)C1. The number of aliphatic hydroxyl groups is 1. The van der Waals surface area contributed by atoms with Crippen LogP contribution in [0.2, 0.25) is 0 Å². The fourth-order valence-corrected chi connectivity index (χ4v) is 2.28. The molecule has 0 radical (unpaired) electrons. The van der Waals surface area contributed by atoms with Crippen LogP contribution in [0.25, 0.3) is 0 Å². The monoisotopic (exact) mass is 171 g/mol. The first-order valence-electron chi connectivity index (χ1n) is 5.12. The predicted molar refractivity (Wildman–Crippen MR) is 50.8 cm³/mol. The molecule has 0 aromatic heterocycles. The van der Waals surface area contributed by atoms with E-state index in [1.807, 2.05) is 0 Å². The molecule has 2 heteroatoms. The van der Waals surface area contributed by atoms with E-state index >= 15 is 0 Å². The second kappa shape index (κ2) is 4.24. The maximum Gasteiger partial charge on any atom is 0.0719 e. The van der Waals surface area contributed by atoms with Crippen LogP contribution in [0.3, 0.4) is 0 Å². The molecule has 1 aliphatic rings. The average molecular weight is 171 g/mol. The summed E-state index contributed by atoms with van der Waals surface area (Å²) in [7, 11) is 0. The van der Waals surface area contributed by atoms with E-state index in [1.165, 1.54) is 12.8 Å². The molecule has 0 saturated heterocycles. The number of hydrogen-bond donors (Lipinski definition) is 2. The lowest BCUT2D eigenvalue weighted by molar-refractivity contribution is 0.0274. The van der Waals surface area contributed by atoms with E-state index < -0.39 is 0 Å². The van der Waals surface area contributed by atoms with E-state index in [9.17, 15) is 5.11 Å². The van der Waals surface area contributed by atoms with Crippen molar-refractivity contribution in [2.45, 2.75) is 51.7 Å². The van der Waals surface area contributed by atoms with Gasteiger partial charge in [0.2, 0.25) is 0 Å². The Morgan fingerprint density at radius 1 is 1.25 bits per heavy atom. The number of hydrogen-bond acceptors (Lipinski definition) is 2. The Bertz CT molecular complexity index is 138. The summed E-state index contributed by atoms with van der Waals surface area (Å²) in [4.78, 5) is 0. The Morgan fingerprint density at radius 2 is 1.92 bits per heavy atom. The zero-order valence-electron chi connectivity index (χ0n) is 8.16. The molecule has 12 heavy (non-hydrogen) atoms. The average Bonchev–Trinajstić information content (AvgIpc) is 2.09. The molecule has 72 valence electrons. The van der Waals surface area contributed by atoms with E-state index in [4.69, 9.17) is 5.73 Å². The van der Waals surface area contributed by atoms with Crippen molar-refractivity contribution in [1.82, 2.24) is 0 Å². The second-order valence-corrected chi connectivity index (χ2v) is 4.07. The summed E-state index contributed by atoms with van der Waals surface area (Å²) >= 11 is 0. The predicted octanol–water partition coefficient (Wildman–Crippen LogP) is 1.52. The maximum atomic E-state index is 9.73. The van der Waals surface area contributed by atoms with Crippen molar-refractivity contribution in [1.29, 1.82) is 0 Å². The molecular formula is C10H21NO. The first-order chi connectivity index (χ1) is 5.69. The highest BCUT2D eigenvalue weighted by Crippen LogP contribution is 2.32. The summed E-state index contributed by atoms with van der Waals surface area (Å²) in [6.45, 7) is 4.35. The Kier molecular flexibility index (Phi) is 3.53. The fraction of sp³-hybridized carbons (Fsp3) is 1.00. The minimum atomic E-state index is -0.252. The third kappa shape index (κ3) is 1.99. The van der Waals surface area contributed by atoms with Crippen molar-refractivity contribution in [3.05, 3.63) is 0 Å². The smallest absolute Gasteiger partial charge is 0.0719 e. The highest BCUT2D eigenvalue weighted by atomic mass is 16.3.